The number of anilines is 6. The minimum absolute atomic E-state index is 0.153. The zero-order valence-corrected chi connectivity index (χ0v) is 54.3. The third kappa shape index (κ3) is 8.66. The molecular weight excluding hydrogens is 1100 g/mol. The van der Waals surface area contributed by atoms with E-state index in [1.165, 1.54) is 98.5 Å². The standard InChI is InChI=1S/C82H74N4Si2/c1-13-53-29-33-55(34-30-53)83(61-37-41-67-65-25-15-17-27-73(65)81(3,4)75(67)47-61)57-21-19-23-59(45-57)85-77-43-39-63(87(7,8)9)49-69(77)71-52-80-72(51-79(71)85)70-50-64(88(10,11)12)40-44-78(70)86(80)60-24-20-22-58(46-60)84(56-35-31-54(14-2)32-36-56)62-38-42-68-66-26-16-18-28-74(66)82(5,6)76(68)48-62/h13-52H,1-2H2,3-12H3. The van der Waals surface area contributed by atoms with Crippen LogP contribution in [0.15, 0.2) is 244 Å². The van der Waals surface area contributed by atoms with E-state index in [9.17, 15) is 0 Å². The van der Waals surface area contributed by atoms with E-state index in [1.54, 1.807) is 0 Å². The Labute approximate surface area is 520 Å². The third-order valence-corrected chi connectivity index (χ3v) is 23.6. The second-order valence-corrected chi connectivity index (χ2v) is 37.8. The second kappa shape index (κ2) is 20.0. The second-order valence-electron chi connectivity index (χ2n) is 27.6. The third-order valence-electron chi connectivity index (χ3n) is 19.5. The Balaban J connectivity index is 0.943. The molecular formula is C82H74N4Si2. The van der Waals surface area contributed by atoms with Crippen molar-refractivity contribution in [3.05, 3.63) is 277 Å². The molecule has 0 saturated heterocycles. The molecule has 0 N–H and O–H groups in total. The molecule has 0 aliphatic heterocycles. The minimum Gasteiger partial charge on any atom is -0.310 e. The maximum absolute atomic E-state index is 4.11. The van der Waals surface area contributed by atoms with Crippen LogP contribution < -0.4 is 20.2 Å². The maximum Gasteiger partial charge on any atom is 0.0776 e. The van der Waals surface area contributed by atoms with Gasteiger partial charge in [0.1, 0.15) is 0 Å². The van der Waals surface area contributed by atoms with Crippen molar-refractivity contribution in [1.82, 2.24) is 9.13 Å². The van der Waals surface area contributed by atoms with Gasteiger partial charge in [-0.15, -0.1) is 0 Å². The van der Waals surface area contributed by atoms with E-state index < -0.39 is 16.1 Å². The highest BCUT2D eigenvalue weighted by atomic mass is 28.3. The van der Waals surface area contributed by atoms with Gasteiger partial charge in [-0.1, -0.05) is 224 Å². The lowest BCUT2D eigenvalue weighted by atomic mass is 9.82. The van der Waals surface area contributed by atoms with Crippen molar-refractivity contribution in [2.24, 2.45) is 0 Å². The van der Waals surface area contributed by atoms with Crippen molar-refractivity contribution in [3.63, 3.8) is 0 Å². The zero-order valence-electron chi connectivity index (χ0n) is 52.3. The van der Waals surface area contributed by atoms with Crippen LogP contribution in [0.2, 0.25) is 39.3 Å². The number of rotatable bonds is 12. The smallest absolute Gasteiger partial charge is 0.0776 e. The van der Waals surface area contributed by atoms with E-state index in [0.717, 1.165) is 56.6 Å². The summed E-state index contributed by atoms with van der Waals surface area (Å²) in [6, 6.07) is 87.8. The molecule has 2 aliphatic rings. The van der Waals surface area contributed by atoms with E-state index >= 15 is 0 Å². The van der Waals surface area contributed by atoms with Crippen LogP contribution in [0.4, 0.5) is 34.1 Å². The molecule has 0 amide bonds. The van der Waals surface area contributed by atoms with E-state index in [1.807, 2.05) is 12.2 Å². The molecule has 2 aromatic heterocycles. The highest BCUT2D eigenvalue weighted by Crippen LogP contribution is 2.53. The summed E-state index contributed by atoms with van der Waals surface area (Å²) >= 11 is 0. The van der Waals surface area contributed by atoms with Crippen LogP contribution in [0.3, 0.4) is 0 Å². The number of aromatic nitrogens is 2. The molecule has 15 rings (SSSR count). The molecule has 4 nitrogen and oxygen atoms in total. The largest absolute Gasteiger partial charge is 0.310 e. The topological polar surface area (TPSA) is 16.3 Å². The van der Waals surface area contributed by atoms with Crippen molar-refractivity contribution in [1.29, 1.82) is 0 Å². The molecule has 0 spiro atoms. The Morgan fingerprint density at radius 1 is 0.318 bits per heavy atom. The van der Waals surface area contributed by atoms with Gasteiger partial charge in [0.15, 0.2) is 0 Å². The van der Waals surface area contributed by atoms with Crippen molar-refractivity contribution in [2.75, 3.05) is 9.80 Å². The van der Waals surface area contributed by atoms with Crippen molar-refractivity contribution in [2.45, 2.75) is 77.8 Å². The number of benzene rings is 11. The molecule has 0 saturated carbocycles. The quantitative estimate of drug-likeness (QED) is 0.113. The predicted octanol–water partition coefficient (Wildman–Crippen LogP) is 21.8. The van der Waals surface area contributed by atoms with Gasteiger partial charge < -0.3 is 18.9 Å². The van der Waals surface area contributed by atoms with Gasteiger partial charge >= 0.3 is 0 Å². The molecule has 2 heterocycles. The van der Waals surface area contributed by atoms with E-state index in [0.29, 0.717) is 0 Å². The molecule has 11 aromatic carbocycles. The minimum atomic E-state index is -1.76. The summed E-state index contributed by atoms with van der Waals surface area (Å²) < 4.78 is 5.09. The fourth-order valence-electron chi connectivity index (χ4n) is 14.6. The van der Waals surface area contributed by atoms with Gasteiger partial charge in [-0.05, 0) is 165 Å². The summed E-state index contributed by atoms with van der Waals surface area (Å²) in [5.41, 5.74) is 26.1. The van der Waals surface area contributed by atoms with Crippen LogP contribution in [0.5, 0.6) is 0 Å². The lowest BCUT2D eigenvalue weighted by Gasteiger charge is -2.28. The first-order valence-electron chi connectivity index (χ1n) is 31.1. The van der Waals surface area contributed by atoms with Gasteiger partial charge in [0.05, 0.1) is 38.2 Å². The first kappa shape index (κ1) is 55.1. The van der Waals surface area contributed by atoms with Crippen LogP contribution in [0.1, 0.15) is 61.1 Å². The highest BCUT2D eigenvalue weighted by molar-refractivity contribution is 6.89. The molecule has 0 unspecified atom stereocenters. The summed E-state index contributed by atoms with van der Waals surface area (Å²) in [5, 5.41) is 7.89. The fourth-order valence-corrected chi connectivity index (χ4v) is 17.0. The number of fused-ring (bicyclic) bond motifs is 12. The van der Waals surface area contributed by atoms with Gasteiger partial charge in [-0.2, -0.15) is 0 Å². The zero-order chi connectivity index (χ0) is 60.8. The molecule has 13 aromatic rings. The normalized spacial score (nSPS) is 13.8. The lowest BCUT2D eigenvalue weighted by Crippen LogP contribution is -2.37. The average molecular weight is 1170 g/mol. The fraction of sp³-hybridized carbons (Fsp3) is 0.146. The Morgan fingerprint density at radius 3 is 1.06 bits per heavy atom. The Morgan fingerprint density at radius 2 is 0.670 bits per heavy atom. The van der Waals surface area contributed by atoms with E-state index in [4.69, 9.17) is 0 Å². The van der Waals surface area contributed by atoms with Crippen molar-refractivity contribution < 1.29 is 0 Å². The van der Waals surface area contributed by atoms with E-state index in [-0.39, 0.29) is 10.8 Å². The molecule has 0 atom stereocenters. The first-order valence-corrected chi connectivity index (χ1v) is 38.1. The summed E-state index contributed by atoms with van der Waals surface area (Å²) in [7, 11) is -3.52. The van der Waals surface area contributed by atoms with Crippen LogP contribution in [-0.2, 0) is 10.8 Å². The molecule has 0 bridgehead atoms. The van der Waals surface area contributed by atoms with Gasteiger partial charge in [-0.25, -0.2) is 0 Å². The summed E-state index contributed by atoms with van der Waals surface area (Å²) in [6.45, 7) is 32.5. The Bertz CT molecular complexity index is 4720. The van der Waals surface area contributed by atoms with Crippen molar-refractivity contribution in [3.8, 4) is 33.6 Å². The summed E-state index contributed by atoms with van der Waals surface area (Å²) in [4.78, 5) is 4.87. The molecule has 0 fully saturated rings. The Kier molecular flexibility index (Phi) is 12.6. The van der Waals surface area contributed by atoms with Crippen LogP contribution >= 0.6 is 0 Å². The SMILES string of the molecule is C=Cc1ccc(N(c2cccc(-n3c4ccc([Si](C)(C)C)cc4c4cc5c(cc43)c3cc([Si](C)(C)C)ccc3n5-c3cccc(N(c4ccc(C=C)cc4)c4ccc5c(c4)C(C)(C)c4ccccc4-5)c3)c2)c2ccc3c(c2)C(C)(C)c2ccccc2-3)cc1. The van der Waals surface area contributed by atoms with Gasteiger partial charge in [0.25, 0.3) is 0 Å². The average Bonchev–Trinajstić information content (AvgIpc) is 1.58. The summed E-state index contributed by atoms with van der Waals surface area (Å²) in [6.07, 6.45) is 3.84. The van der Waals surface area contributed by atoms with Gasteiger partial charge in [0.2, 0.25) is 0 Å². The number of hydrogen-bond donors (Lipinski definition) is 0. The number of hydrogen-bond acceptors (Lipinski definition) is 2. The van der Waals surface area contributed by atoms with Crippen LogP contribution in [0, 0.1) is 0 Å². The first-order chi connectivity index (χ1) is 42.3. The van der Waals surface area contributed by atoms with Gasteiger partial charge in [0, 0.05) is 77.9 Å². The van der Waals surface area contributed by atoms with E-state index in [2.05, 4.69) is 330 Å². The molecule has 2 aliphatic carbocycles. The van der Waals surface area contributed by atoms with Gasteiger partial charge in [-0.3, -0.25) is 0 Å². The molecule has 6 heteroatoms. The molecule has 0 radical (unpaired) electrons. The number of nitrogens with zero attached hydrogens (tertiary/aromatic N) is 4. The molecule has 430 valence electrons. The molecule has 88 heavy (non-hydrogen) atoms. The summed E-state index contributed by atoms with van der Waals surface area (Å²) in [5.74, 6) is 0. The van der Waals surface area contributed by atoms with Crippen LogP contribution in [0.25, 0.3) is 89.4 Å². The maximum atomic E-state index is 4.11. The van der Waals surface area contributed by atoms with Crippen molar-refractivity contribution >= 4 is 116 Å². The predicted molar refractivity (Wildman–Crippen MR) is 386 cm³/mol. The highest BCUT2D eigenvalue weighted by Gasteiger charge is 2.38. The Hall–Kier alpha value is -9.47. The monoisotopic (exact) mass is 1170 g/mol. The lowest BCUT2D eigenvalue weighted by molar-refractivity contribution is 0.660. The van der Waals surface area contributed by atoms with Crippen LogP contribution in [-0.4, -0.2) is 25.3 Å².